The van der Waals surface area contributed by atoms with Crippen LogP contribution in [0.4, 0.5) is 0 Å². The van der Waals surface area contributed by atoms with Gasteiger partial charge in [-0.05, 0) is 42.7 Å². The van der Waals surface area contributed by atoms with E-state index in [1.165, 1.54) is 0 Å². The summed E-state index contributed by atoms with van der Waals surface area (Å²) < 4.78 is 12.8. The van der Waals surface area contributed by atoms with E-state index in [4.69, 9.17) is 14.6 Å². The molecule has 0 unspecified atom stereocenters. The number of rotatable bonds is 9. The van der Waals surface area contributed by atoms with Crippen molar-refractivity contribution in [2.75, 3.05) is 53.0 Å². The molecule has 2 amide bonds. The fourth-order valence-electron chi connectivity index (χ4n) is 4.92. The molecular weight excluding hydrogens is 458 g/mol. The highest BCUT2D eigenvalue weighted by atomic mass is 16.5. The Labute approximate surface area is 212 Å². The molecule has 5 rings (SSSR count). The Morgan fingerprint density at radius 1 is 1.14 bits per heavy atom. The van der Waals surface area contributed by atoms with E-state index in [2.05, 4.69) is 4.90 Å². The molecule has 1 saturated heterocycles. The molecule has 9 heteroatoms. The Kier molecular flexibility index (Phi) is 7.38. The molecule has 192 valence electrons. The number of methoxy groups -OCH3 is 1. The van der Waals surface area contributed by atoms with Crippen LogP contribution >= 0.6 is 0 Å². The van der Waals surface area contributed by atoms with Crippen molar-refractivity contribution in [3.63, 3.8) is 0 Å². The minimum absolute atomic E-state index is 0.0379. The monoisotopic (exact) mass is 493 g/mol. The molecule has 2 aromatic rings. The van der Waals surface area contributed by atoms with Crippen LogP contribution in [0.1, 0.15) is 36.6 Å². The molecule has 1 saturated carbocycles. The molecule has 0 spiro atoms. The van der Waals surface area contributed by atoms with Gasteiger partial charge >= 0.3 is 0 Å². The van der Waals surface area contributed by atoms with Crippen LogP contribution in [0.5, 0.6) is 5.75 Å². The summed E-state index contributed by atoms with van der Waals surface area (Å²) in [6, 6.07) is 11.5. The van der Waals surface area contributed by atoms with Crippen molar-refractivity contribution in [1.82, 2.24) is 19.4 Å². The van der Waals surface area contributed by atoms with Gasteiger partial charge in [-0.25, -0.2) is 5.01 Å². The van der Waals surface area contributed by atoms with Crippen molar-refractivity contribution in [3.8, 4) is 5.75 Å². The second-order valence-electron chi connectivity index (χ2n) is 9.77. The van der Waals surface area contributed by atoms with E-state index < -0.39 is 0 Å². The van der Waals surface area contributed by atoms with Crippen molar-refractivity contribution in [3.05, 3.63) is 53.9 Å². The zero-order chi connectivity index (χ0) is 25.1. The number of morpholine rings is 1. The lowest BCUT2D eigenvalue weighted by Gasteiger charge is -2.31. The maximum atomic E-state index is 13.7. The van der Waals surface area contributed by atoms with Crippen LogP contribution in [-0.4, -0.2) is 89.9 Å². The molecule has 36 heavy (non-hydrogen) atoms. The van der Waals surface area contributed by atoms with E-state index in [1.807, 2.05) is 54.2 Å². The first-order chi connectivity index (χ1) is 17.5. The number of benzene rings is 1. The normalized spacial score (nSPS) is 20.3. The Morgan fingerprint density at radius 3 is 2.53 bits per heavy atom. The summed E-state index contributed by atoms with van der Waals surface area (Å²) in [5.74, 6) is 0.753. The number of ether oxygens (including phenoxy) is 2. The van der Waals surface area contributed by atoms with Crippen LogP contribution < -0.4 is 4.74 Å². The zero-order valence-electron chi connectivity index (χ0n) is 21.1. The SMILES string of the molecule is COc1ccc([C@H]2CC(c3cccn3C)=NN2C(=O)CN(CCN2CCOCC2)C(=O)C2CC2)cc1. The van der Waals surface area contributed by atoms with Gasteiger partial charge in [-0.2, -0.15) is 5.10 Å². The fraction of sp³-hybridized carbons (Fsp3) is 0.519. The van der Waals surface area contributed by atoms with Gasteiger partial charge in [0.05, 0.1) is 37.8 Å². The van der Waals surface area contributed by atoms with Crippen LogP contribution in [0.15, 0.2) is 47.7 Å². The standard InChI is InChI=1S/C27H35N5O4/c1-29-11-3-4-24(29)23-18-25(20-7-9-22(35-2)10-8-20)32(28-23)26(33)19-31(27(34)21-5-6-21)13-12-30-14-16-36-17-15-30/h3-4,7-11,21,25H,5-6,12-19H2,1-2H3/t25-/m1/s1. The first-order valence-corrected chi connectivity index (χ1v) is 12.8. The number of hydrazone groups is 1. The van der Waals surface area contributed by atoms with E-state index in [0.29, 0.717) is 26.2 Å². The van der Waals surface area contributed by atoms with Gasteiger partial charge < -0.3 is 18.9 Å². The minimum atomic E-state index is -0.231. The third-order valence-corrected chi connectivity index (χ3v) is 7.26. The van der Waals surface area contributed by atoms with Crippen molar-refractivity contribution in [2.24, 2.45) is 18.1 Å². The van der Waals surface area contributed by atoms with Crippen LogP contribution in [0.25, 0.3) is 0 Å². The summed E-state index contributed by atoms with van der Waals surface area (Å²) in [5, 5.41) is 6.39. The van der Waals surface area contributed by atoms with Crippen molar-refractivity contribution in [1.29, 1.82) is 0 Å². The maximum absolute atomic E-state index is 13.7. The number of amides is 2. The van der Waals surface area contributed by atoms with Gasteiger partial charge in [-0.1, -0.05) is 12.1 Å². The maximum Gasteiger partial charge on any atom is 0.262 e. The molecule has 3 heterocycles. The molecule has 9 nitrogen and oxygen atoms in total. The summed E-state index contributed by atoms with van der Waals surface area (Å²) >= 11 is 0. The van der Waals surface area contributed by atoms with Gasteiger partial charge in [0.1, 0.15) is 12.3 Å². The predicted molar refractivity (Wildman–Crippen MR) is 136 cm³/mol. The van der Waals surface area contributed by atoms with Crippen molar-refractivity contribution >= 4 is 17.5 Å². The molecule has 0 bridgehead atoms. The summed E-state index contributed by atoms with van der Waals surface area (Å²) in [6.45, 7) is 4.46. The molecule has 0 N–H and O–H groups in total. The summed E-state index contributed by atoms with van der Waals surface area (Å²) in [6.07, 6.45) is 4.41. The lowest BCUT2D eigenvalue weighted by atomic mass is 10.0. The van der Waals surface area contributed by atoms with Crippen LogP contribution in [0.3, 0.4) is 0 Å². The van der Waals surface area contributed by atoms with Gasteiger partial charge in [-0.3, -0.25) is 14.5 Å². The van der Waals surface area contributed by atoms with Crippen molar-refractivity contribution in [2.45, 2.75) is 25.3 Å². The molecule has 2 aliphatic heterocycles. The minimum Gasteiger partial charge on any atom is -0.497 e. The largest absolute Gasteiger partial charge is 0.497 e. The highest BCUT2D eigenvalue weighted by Crippen LogP contribution is 2.35. The number of hydrogen-bond acceptors (Lipinski definition) is 6. The first-order valence-electron chi connectivity index (χ1n) is 12.8. The Bertz CT molecular complexity index is 1100. The van der Waals surface area contributed by atoms with Gasteiger partial charge in [0.15, 0.2) is 0 Å². The first kappa shape index (κ1) is 24.5. The Morgan fingerprint density at radius 2 is 1.89 bits per heavy atom. The van der Waals surface area contributed by atoms with Gasteiger partial charge in [0.2, 0.25) is 5.91 Å². The third kappa shape index (κ3) is 5.47. The zero-order valence-corrected chi connectivity index (χ0v) is 21.1. The number of carbonyl (C=O) groups excluding carboxylic acids is 2. The number of aryl methyl sites for hydroxylation is 1. The second-order valence-corrected chi connectivity index (χ2v) is 9.77. The van der Waals surface area contributed by atoms with E-state index >= 15 is 0 Å². The van der Waals surface area contributed by atoms with Gasteiger partial charge in [-0.15, -0.1) is 0 Å². The fourth-order valence-corrected chi connectivity index (χ4v) is 4.92. The molecular formula is C27H35N5O4. The summed E-state index contributed by atoms with van der Waals surface area (Å²) in [5.41, 5.74) is 2.84. The molecule has 1 aromatic heterocycles. The topological polar surface area (TPSA) is 79.6 Å². The second kappa shape index (κ2) is 10.8. The van der Waals surface area contributed by atoms with E-state index in [-0.39, 0.29) is 30.3 Å². The third-order valence-electron chi connectivity index (χ3n) is 7.26. The lowest BCUT2D eigenvalue weighted by Crippen LogP contribution is -2.47. The van der Waals surface area contributed by atoms with Gasteiger partial charge in [0.25, 0.3) is 5.91 Å². The average Bonchev–Trinajstić information content (AvgIpc) is 3.53. The lowest BCUT2D eigenvalue weighted by molar-refractivity contribution is -0.142. The summed E-state index contributed by atoms with van der Waals surface area (Å²) in [7, 11) is 3.62. The van der Waals surface area contributed by atoms with E-state index in [0.717, 1.165) is 55.2 Å². The molecule has 0 radical (unpaired) electrons. The number of aromatic nitrogens is 1. The Balaban J connectivity index is 1.35. The van der Waals surface area contributed by atoms with Crippen LogP contribution in [0.2, 0.25) is 0 Å². The molecule has 2 fully saturated rings. The highest BCUT2D eigenvalue weighted by molar-refractivity contribution is 6.02. The van der Waals surface area contributed by atoms with Crippen molar-refractivity contribution < 1.29 is 19.1 Å². The highest BCUT2D eigenvalue weighted by Gasteiger charge is 2.38. The summed E-state index contributed by atoms with van der Waals surface area (Å²) in [4.78, 5) is 30.9. The van der Waals surface area contributed by atoms with Crippen LogP contribution in [0, 0.1) is 5.92 Å². The quantitative estimate of drug-likeness (QED) is 0.536. The number of carbonyl (C=O) groups is 2. The smallest absolute Gasteiger partial charge is 0.262 e. The van der Waals surface area contributed by atoms with E-state index in [1.54, 1.807) is 17.0 Å². The Hall–Kier alpha value is -3.17. The van der Waals surface area contributed by atoms with Gasteiger partial charge in [0, 0.05) is 51.8 Å². The van der Waals surface area contributed by atoms with Crippen LogP contribution in [-0.2, 0) is 21.4 Å². The molecule has 3 aliphatic rings. The molecule has 1 atom stereocenters. The number of nitrogens with zero attached hydrogens (tertiary/aromatic N) is 5. The van der Waals surface area contributed by atoms with E-state index in [9.17, 15) is 9.59 Å². The average molecular weight is 494 g/mol. The molecule has 1 aliphatic carbocycles. The molecule has 1 aromatic carbocycles. The predicted octanol–water partition coefficient (Wildman–Crippen LogP) is 2.28. The number of hydrogen-bond donors (Lipinski definition) is 0.